The van der Waals surface area contributed by atoms with E-state index in [1.807, 2.05) is 44.2 Å². The molecular weight excluding hydrogens is 384 g/mol. The van der Waals surface area contributed by atoms with E-state index >= 15 is 0 Å². The molecule has 0 aliphatic carbocycles. The number of carbonyl (C=O) groups excluding carboxylic acids is 2. The summed E-state index contributed by atoms with van der Waals surface area (Å²) in [6, 6.07) is 14.5. The van der Waals surface area contributed by atoms with E-state index in [0.29, 0.717) is 17.1 Å². The fourth-order valence-corrected chi connectivity index (χ4v) is 3.09. The SMILES string of the molecule is COc1cc(OC)cc(C(=O)NNC(=O)Cc2c(C)nn(-c3ccccc3)c2C)c1. The van der Waals surface area contributed by atoms with Gasteiger partial charge in [-0.1, -0.05) is 18.2 Å². The third-order valence-corrected chi connectivity index (χ3v) is 4.71. The minimum atomic E-state index is -0.478. The van der Waals surface area contributed by atoms with Crippen LogP contribution in [0.2, 0.25) is 0 Å². The molecule has 0 aliphatic rings. The van der Waals surface area contributed by atoms with Crippen LogP contribution in [-0.2, 0) is 11.2 Å². The number of hydrogen-bond acceptors (Lipinski definition) is 5. The smallest absolute Gasteiger partial charge is 0.269 e. The highest BCUT2D eigenvalue weighted by molar-refractivity contribution is 5.96. The lowest BCUT2D eigenvalue weighted by Gasteiger charge is -2.10. The van der Waals surface area contributed by atoms with Crippen LogP contribution in [-0.4, -0.2) is 35.8 Å². The number of aryl methyl sites for hydroxylation is 1. The highest BCUT2D eigenvalue weighted by atomic mass is 16.5. The fraction of sp³-hybridized carbons (Fsp3) is 0.227. The number of aromatic nitrogens is 2. The van der Waals surface area contributed by atoms with Crippen LogP contribution in [0, 0.1) is 13.8 Å². The Morgan fingerprint density at radius 2 is 1.60 bits per heavy atom. The number of nitrogens with one attached hydrogen (secondary N) is 2. The zero-order chi connectivity index (χ0) is 21.7. The zero-order valence-electron chi connectivity index (χ0n) is 17.4. The normalized spacial score (nSPS) is 10.4. The van der Waals surface area contributed by atoms with Gasteiger partial charge < -0.3 is 9.47 Å². The van der Waals surface area contributed by atoms with E-state index < -0.39 is 5.91 Å². The van der Waals surface area contributed by atoms with E-state index in [1.54, 1.807) is 22.9 Å². The minimum Gasteiger partial charge on any atom is -0.497 e. The first kappa shape index (κ1) is 20.9. The molecule has 30 heavy (non-hydrogen) atoms. The van der Waals surface area contributed by atoms with Gasteiger partial charge in [-0.25, -0.2) is 4.68 Å². The number of ether oxygens (including phenoxy) is 2. The van der Waals surface area contributed by atoms with Crippen molar-refractivity contribution in [3.8, 4) is 17.2 Å². The summed E-state index contributed by atoms with van der Waals surface area (Å²) < 4.78 is 12.1. The molecule has 2 aromatic carbocycles. The van der Waals surface area contributed by atoms with Crippen molar-refractivity contribution in [1.29, 1.82) is 0 Å². The van der Waals surface area contributed by atoms with Crippen LogP contribution in [0.3, 0.4) is 0 Å². The molecule has 156 valence electrons. The summed E-state index contributed by atoms with van der Waals surface area (Å²) in [6.07, 6.45) is 0.0895. The lowest BCUT2D eigenvalue weighted by Crippen LogP contribution is -2.42. The van der Waals surface area contributed by atoms with Crippen molar-refractivity contribution in [2.45, 2.75) is 20.3 Å². The van der Waals surface area contributed by atoms with Crippen molar-refractivity contribution in [3.63, 3.8) is 0 Å². The summed E-state index contributed by atoms with van der Waals surface area (Å²) in [5, 5.41) is 4.54. The van der Waals surface area contributed by atoms with Crippen molar-refractivity contribution in [2.75, 3.05) is 14.2 Å². The quantitative estimate of drug-likeness (QED) is 0.611. The van der Waals surface area contributed by atoms with Crippen molar-refractivity contribution >= 4 is 11.8 Å². The Morgan fingerprint density at radius 3 is 2.20 bits per heavy atom. The average molecular weight is 408 g/mol. The number of rotatable bonds is 6. The van der Waals surface area contributed by atoms with Crippen LogP contribution in [0.25, 0.3) is 5.69 Å². The van der Waals surface area contributed by atoms with Gasteiger partial charge in [0, 0.05) is 22.9 Å². The molecule has 0 atom stereocenters. The van der Waals surface area contributed by atoms with Crippen molar-refractivity contribution in [1.82, 2.24) is 20.6 Å². The Balaban J connectivity index is 1.67. The van der Waals surface area contributed by atoms with E-state index in [1.165, 1.54) is 14.2 Å². The van der Waals surface area contributed by atoms with Gasteiger partial charge in [0.25, 0.3) is 5.91 Å². The number of methoxy groups -OCH3 is 2. The van der Waals surface area contributed by atoms with Crippen molar-refractivity contribution < 1.29 is 19.1 Å². The molecular formula is C22H24N4O4. The molecule has 8 nitrogen and oxygen atoms in total. The van der Waals surface area contributed by atoms with Gasteiger partial charge in [-0.15, -0.1) is 0 Å². The van der Waals surface area contributed by atoms with E-state index in [9.17, 15) is 9.59 Å². The van der Waals surface area contributed by atoms with Gasteiger partial charge in [0.2, 0.25) is 5.91 Å². The lowest BCUT2D eigenvalue weighted by atomic mass is 10.1. The average Bonchev–Trinajstić information content (AvgIpc) is 3.05. The zero-order valence-corrected chi connectivity index (χ0v) is 17.4. The monoisotopic (exact) mass is 408 g/mol. The molecule has 2 amide bonds. The van der Waals surface area contributed by atoms with Gasteiger partial charge in [0.15, 0.2) is 0 Å². The first-order valence-electron chi connectivity index (χ1n) is 9.35. The summed E-state index contributed by atoms with van der Waals surface area (Å²) in [5.41, 5.74) is 8.54. The molecule has 0 unspecified atom stereocenters. The Bertz CT molecular complexity index is 1040. The van der Waals surface area contributed by atoms with Gasteiger partial charge in [-0.2, -0.15) is 5.10 Å². The first-order chi connectivity index (χ1) is 14.4. The van der Waals surface area contributed by atoms with Gasteiger partial charge >= 0.3 is 0 Å². The fourth-order valence-electron chi connectivity index (χ4n) is 3.09. The van der Waals surface area contributed by atoms with Crippen molar-refractivity contribution in [3.05, 3.63) is 71.0 Å². The molecule has 0 saturated heterocycles. The molecule has 0 bridgehead atoms. The molecule has 0 fully saturated rings. The lowest BCUT2D eigenvalue weighted by molar-refractivity contribution is -0.121. The second-order valence-electron chi connectivity index (χ2n) is 6.68. The third kappa shape index (κ3) is 4.60. The Hall–Kier alpha value is -3.81. The van der Waals surface area contributed by atoms with Crippen molar-refractivity contribution in [2.24, 2.45) is 0 Å². The standard InChI is InChI=1S/C22H24N4O4/c1-14-20(15(2)26(25-14)17-8-6-5-7-9-17)13-21(27)23-24-22(28)16-10-18(29-3)12-19(11-16)30-4/h5-12H,13H2,1-4H3,(H,23,27)(H,24,28). The van der Waals surface area contributed by atoms with Crippen LogP contribution in [0.15, 0.2) is 48.5 Å². The third-order valence-electron chi connectivity index (χ3n) is 4.71. The van der Waals surface area contributed by atoms with Crippen LogP contribution < -0.4 is 20.3 Å². The highest BCUT2D eigenvalue weighted by Crippen LogP contribution is 2.22. The maximum absolute atomic E-state index is 12.4. The molecule has 1 aromatic heterocycles. The van der Waals surface area contributed by atoms with E-state index in [2.05, 4.69) is 16.0 Å². The summed E-state index contributed by atoms with van der Waals surface area (Å²) in [4.78, 5) is 24.8. The Morgan fingerprint density at radius 1 is 0.967 bits per heavy atom. The van der Waals surface area contributed by atoms with E-state index in [4.69, 9.17) is 9.47 Å². The predicted octanol–water partition coefficient (Wildman–Crippen LogP) is 2.51. The first-order valence-corrected chi connectivity index (χ1v) is 9.35. The summed E-state index contributed by atoms with van der Waals surface area (Å²) in [5.74, 6) is 0.127. The molecule has 8 heteroatoms. The minimum absolute atomic E-state index is 0.0895. The maximum Gasteiger partial charge on any atom is 0.269 e. The number of carbonyl (C=O) groups is 2. The van der Waals surface area contributed by atoms with Gasteiger partial charge in [-0.3, -0.25) is 20.4 Å². The van der Waals surface area contributed by atoms with E-state index in [-0.39, 0.29) is 12.3 Å². The number of para-hydroxylation sites is 1. The molecule has 0 aliphatic heterocycles. The molecule has 3 rings (SSSR count). The van der Waals surface area contributed by atoms with Crippen LogP contribution >= 0.6 is 0 Å². The highest BCUT2D eigenvalue weighted by Gasteiger charge is 2.17. The second kappa shape index (κ2) is 9.13. The van der Waals surface area contributed by atoms with Gasteiger partial charge in [0.1, 0.15) is 11.5 Å². The molecule has 0 saturated carbocycles. The Labute approximate surface area is 174 Å². The topological polar surface area (TPSA) is 94.5 Å². The Kier molecular flexibility index (Phi) is 6.36. The summed E-state index contributed by atoms with van der Waals surface area (Å²) >= 11 is 0. The largest absolute Gasteiger partial charge is 0.497 e. The van der Waals surface area contributed by atoms with Gasteiger partial charge in [0.05, 0.1) is 32.0 Å². The van der Waals surface area contributed by atoms with Gasteiger partial charge in [-0.05, 0) is 38.1 Å². The van der Waals surface area contributed by atoms with Crippen LogP contribution in [0.4, 0.5) is 0 Å². The molecule has 0 radical (unpaired) electrons. The van der Waals surface area contributed by atoms with Crippen LogP contribution in [0.1, 0.15) is 27.3 Å². The molecule has 0 spiro atoms. The van der Waals surface area contributed by atoms with Crippen LogP contribution in [0.5, 0.6) is 11.5 Å². The molecule has 3 aromatic rings. The number of hydrogen-bond donors (Lipinski definition) is 2. The second-order valence-corrected chi connectivity index (χ2v) is 6.68. The number of amides is 2. The summed E-state index contributed by atoms with van der Waals surface area (Å²) in [6.45, 7) is 3.77. The number of nitrogens with zero attached hydrogens (tertiary/aromatic N) is 2. The predicted molar refractivity (Wildman–Crippen MR) is 112 cm³/mol. The maximum atomic E-state index is 12.4. The van der Waals surface area contributed by atoms with E-state index in [0.717, 1.165) is 22.6 Å². The summed E-state index contributed by atoms with van der Waals surface area (Å²) in [7, 11) is 3.00. The number of hydrazine groups is 1. The molecule has 2 N–H and O–H groups in total. The molecule has 1 heterocycles. The number of benzene rings is 2.